The molecule has 0 radical (unpaired) electrons. The van der Waals surface area contributed by atoms with Crippen molar-refractivity contribution < 1.29 is 13.5 Å². The minimum Gasteiger partial charge on any atom is -0.382 e. The monoisotopic (exact) mass is 427 g/mol. The van der Waals surface area contributed by atoms with Crippen molar-refractivity contribution in [3.8, 4) is 0 Å². The van der Waals surface area contributed by atoms with Crippen molar-refractivity contribution >= 4 is 38.9 Å². The zero-order chi connectivity index (χ0) is 19.7. The van der Waals surface area contributed by atoms with Crippen molar-refractivity contribution in [1.82, 2.24) is 9.97 Å². The number of benzene rings is 1. The largest absolute Gasteiger partial charge is 0.382 e. The highest BCUT2D eigenvalue weighted by atomic mass is 32.3. The number of nitrogens with one attached hydrogen (secondary N) is 2. The average Bonchev–Trinajstić information content (AvgIpc) is 2.61. The topological polar surface area (TPSA) is 98.2 Å². The molecule has 1 aliphatic heterocycles. The summed E-state index contributed by atoms with van der Waals surface area (Å²) < 4.78 is 33.8. The van der Waals surface area contributed by atoms with Gasteiger partial charge in [0.1, 0.15) is 11.6 Å². The Bertz CT molecular complexity index is 907. The second kappa shape index (κ2) is 8.22. The van der Waals surface area contributed by atoms with Gasteiger partial charge in [-0.15, -0.1) is 0 Å². The van der Waals surface area contributed by atoms with Crippen LogP contribution in [-0.2, 0) is 5.75 Å². The molecule has 1 aromatic carbocycles. The summed E-state index contributed by atoms with van der Waals surface area (Å²) >= 11 is 1.67. The maximum Gasteiger partial charge on any atom is 0.258 e. The number of hydrogen-bond acceptors (Lipinski definition) is 6. The van der Waals surface area contributed by atoms with Gasteiger partial charge >= 0.3 is 0 Å². The van der Waals surface area contributed by atoms with Gasteiger partial charge in [0, 0.05) is 23.3 Å². The van der Waals surface area contributed by atoms with E-state index >= 15 is 0 Å². The molecular weight excluding hydrogens is 401 g/mol. The SMILES string of the molecule is O=c1[nH]c(CSC2CCS(O)(O)CC2)nc2cc(NCC3CCC3)c(F)cc12. The number of H-pyrrole nitrogens is 1. The fourth-order valence-electron chi connectivity index (χ4n) is 3.61. The lowest BCUT2D eigenvalue weighted by atomic mass is 9.85. The molecule has 2 fully saturated rings. The molecule has 1 saturated carbocycles. The third-order valence-corrected chi connectivity index (χ3v) is 8.80. The van der Waals surface area contributed by atoms with Crippen LogP contribution >= 0.6 is 22.4 Å². The molecule has 9 heteroatoms. The Kier molecular flexibility index (Phi) is 5.87. The second-order valence-corrected chi connectivity index (χ2v) is 11.5. The first-order chi connectivity index (χ1) is 13.4. The number of halogens is 1. The van der Waals surface area contributed by atoms with E-state index in [4.69, 9.17) is 0 Å². The Balaban J connectivity index is 1.46. The standard InChI is InChI=1S/C19H26FN3O3S2/c20-15-8-14-16(9-17(15)21-10-12-2-1-3-12)22-18(23-19(14)24)11-27-13-4-6-28(25,26)7-5-13/h8-9,12-13,21,25-26H,1-7,10-11H2,(H,22,23,24). The minimum atomic E-state index is -2.38. The van der Waals surface area contributed by atoms with Crippen LogP contribution in [0.2, 0.25) is 0 Å². The third kappa shape index (κ3) is 4.64. The van der Waals surface area contributed by atoms with Crippen molar-refractivity contribution in [3.05, 3.63) is 34.1 Å². The Hall–Kier alpha value is -1.29. The molecule has 0 atom stereocenters. The highest BCUT2D eigenvalue weighted by Crippen LogP contribution is 2.46. The summed E-state index contributed by atoms with van der Waals surface area (Å²) in [6.07, 6.45) is 5.11. The van der Waals surface area contributed by atoms with Crippen molar-refractivity contribution in [2.24, 2.45) is 5.92 Å². The lowest BCUT2D eigenvalue weighted by Crippen LogP contribution is -2.22. The molecule has 2 heterocycles. The van der Waals surface area contributed by atoms with Crippen LogP contribution in [0.5, 0.6) is 0 Å². The zero-order valence-corrected chi connectivity index (χ0v) is 17.3. The van der Waals surface area contributed by atoms with E-state index in [1.54, 1.807) is 17.8 Å². The lowest BCUT2D eigenvalue weighted by Gasteiger charge is -2.38. The Morgan fingerprint density at radius 3 is 2.68 bits per heavy atom. The smallest absolute Gasteiger partial charge is 0.258 e. The number of nitrogens with zero attached hydrogens (tertiary/aromatic N) is 1. The first-order valence-electron chi connectivity index (χ1n) is 9.71. The number of anilines is 1. The van der Waals surface area contributed by atoms with Crippen molar-refractivity contribution in [1.29, 1.82) is 0 Å². The van der Waals surface area contributed by atoms with Gasteiger partial charge in [0.2, 0.25) is 0 Å². The van der Waals surface area contributed by atoms with Crippen molar-refractivity contribution in [2.75, 3.05) is 23.4 Å². The quantitative estimate of drug-likeness (QED) is 0.545. The van der Waals surface area contributed by atoms with Crippen LogP contribution in [0, 0.1) is 11.7 Å². The molecule has 4 N–H and O–H groups in total. The maximum atomic E-state index is 14.3. The summed E-state index contributed by atoms with van der Waals surface area (Å²) in [6.45, 7) is 0.745. The van der Waals surface area contributed by atoms with Crippen LogP contribution in [0.3, 0.4) is 0 Å². The number of hydrogen-bond donors (Lipinski definition) is 4. The van der Waals surface area contributed by atoms with Crippen molar-refractivity contribution in [2.45, 2.75) is 43.1 Å². The van der Waals surface area contributed by atoms with Crippen LogP contribution in [0.4, 0.5) is 10.1 Å². The Morgan fingerprint density at radius 2 is 2.00 bits per heavy atom. The van der Waals surface area contributed by atoms with Crippen LogP contribution in [0.1, 0.15) is 37.9 Å². The van der Waals surface area contributed by atoms with Gasteiger partial charge in [-0.2, -0.15) is 22.4 Å². The van der Waals surface area contributed by atoms with Crippen LogP contribution < -0.4 is 10.9 Å². The van der Waals surface area contributed by atoms with Gasteiger partial charge < -0.3 is 10.3 Å². The number of fused-ring (bicyclic) bond motifs is 1. The van der Waals surface area contributed by atoms with E-state index in [2.05, 4.69) is 15.3 Å². The molecular formula is C19H26FN3O3S2. The van der Waals surface area contributed by atoms with E-state index in [0.717, 1.165) is 19.4 Å². The molecule has 4 rings (SSSR count). The average molecular weight is 428 g/mol. The lowest BCUT2D eigenvalue weighted by molar-refractivity contribution is 0.333. The van der Waals surface area contributed by atoms with Gasteiger partial charge in [0.25, 0.3) is 5.56 Å². The number of rotatable bonds is 6. The van der Waals surface area contributed by atoms with Gasteiger partial charge in [-0.1, -0.05) is 6.42 Å². The first-order valence-corrected chi connectivity index (χ1v) is 12.6. The summed E-state index contributed by atoms with van der Waals surface area (Å²) in [5.74, 6) is 2.17. The summed E-state index contributed by atoms with van der Waals surface area (Å²) in [5.41, 5.74) is 0.561. The molecule has 0 spiro atoms. The molecule has 2 aliphatic rings. The van der Waals surface area contributed by atoms with Gasteiger partial charge in [-0.25, -0.2) is 9.37 Å². The molecule has 28 heavy (non-hydrogen) atoms. The molecule has 2 aromatic rings. The fourth-order valence-corrected chi connectivity index (χ4v) is 6.54. The van der Waals surface area contributed by atoms with E-state index in [1.165, 1.54) is 25.3 Å². The van der Waals surface area contributed by atoms with Crippen molar-refractivity contribution in [3.63, 3.8) is 0 Å². The van der Waals surface area contributed by atoms with E-state index in [-0.39, 0.29) is 10.9 Å². The highest BCUT2D eigenvalue weighted by molar-refractivity contribution is 8.24. The predicted molar refractivity (Wildman–Crippen MR) is 115 cm³/mol. The zero-order valence-electron chi connectivity index (χ0n) is 15.6. The number of aromatic amines is 1. The third-order valence-electron chi connectivity index (χ3n) is 5.64. The summed E-state index contributed by atoms with van der Waals surface area (Å²) in [4.78, 5) is 19.7. The van der Waals surface area contributed by atoms with Crippen LogP contribution in [0.25, 0.3) is 10.9 Å². The molecule has 154 valence electrons. The normalized spacial score (nSPS) is 21.4. The Morgan fingerprint density at radius 1 is 1.25 bits per heavy atom. The van der Waals surface area contributed by atoms with Crippen LogP contribution in [-0.4, -0.2) is 42.4 Å². The summed E-state index contributed by atoms with van der Waals surface area (Å²) in [5, 5.41) is 3.74. The Labute approximate surface area is 169 Å². The summed E-state index contributed by atoms with van der Waals surface area (Å²) in [7, 11) is -2.38. The van der Waals surface area contributed by atoms with Gasteiger partial charge in [0.15, 0.2) is 0 Å². The minimum absolute atomic E-state index is 0.257. The first kappa shape index (κ1) is 20.0. The second-order valence-electron chi connectivity index (χ2n) is 7.76. The molecule has 0 amide bonds. The van der Waals surface area contributed by atoms with Crippen LogP contribution in [0.15, 0.2) is 16.9 Å². The number of aromatic nitrogens is 2. The molecule has 6 nitrogen and oxygen atoms in total. The molecule has 0 unspecified atom stereocenters. The van der Waals surface area contributed by atoms with E-state index in [9.17, 15) is 18.3 Å². The van der Waals surface area contributed by atoms with E-state index < -0.39 is 16.4 Å². The van der Waals surface area contributed by atoms with E-state index in [1.807, 2.05) is 0 Å². The fraction of sp³-hybridized carbons (Fsp3) is 0.579. The molecule has 0 bridgehead atoms. The molecule has 1 saturated heterocycles. The summed E-state index contributed by atoms with van der Waals surface area (Å²) in [6, 6.07) is 2.88. The van der Waals surface area contributed by atoms with Gasteiger partial charge in [0.05, 0.1) is 22.3 Å². The predicted octanol–water partition coefficient (Wildman–Crippen LogP) is 4.42. The van der Waals surface area contributed by atoms with Gasteiger partial charge in [-0.05, 0) is 43.7 Å². The highest BCUT2D eigenvalue weighted by Gasteiger charge is 2.24. The maximum absolute atomic E-state index is 14.3. The molecule has 1 aliphatic carbocycles. The van der Waals surface area contributed by atoms with E-state index in [0.29, 0.717) is 45.5 Å². The number of thioether (sulfide) groups is 1. The van der Waals surface area contributed by atoms with Gasteiger partial charge in [-0.3, -0.25) is 13.9 Å². The molecule has 1 aromatic heterocycles.